The van der Waals surface area contributed by atoms with Crippen molar-refractivity contribution in [2.45, 2.75) is 0 Å². The van der Waals surface area contributed by atoms with Crippen molar-refractivity contribution in [1.82, 2.24) is 24.8 Å². The van der Waals surface area contributed by atoms with Crippen molar-refractivity contribution in [3.63, 3.8) is 0 Å². The van der Waals surface area contributed by atoms with Gasteiger partial charge in [-0.2, -0.15) is 9.61 Å². The zero-order valence-corrected chi connectivity index (χ0v) is 18.7. The Morgan fingerprint density at radius 3 is 2.68 bits per heavy atom. The number of amides is 2. The summed E-state index contributed by atoms with van der Waals surface area (Å²) in [6, 6.07) is 21.2. The third-order valence-electron chi connectivity index (χ3n) is 4.98. The summed E-state index contributed by atoms with van der Waals surface area (Å²) in [6.45, 7) is 0. The number of nitrogens with zero attached hydrogens (tertiary/aromatic N) is 5. The van der Waals surface area contributed by atoms with Gasteiger partial charge in [-0.1, -0.05) is 29.8 Å². The predicted octanol–water partition coefficient (Wildman–Crippen LogP) is 5.16. The van der Waals surface area contributed by atoms with Crippen molar-refractivity contribution in [3.8, 4) is 28.5 Å². The molecule has 2 aromatic carbocycles. The number of halogens is 1. The molecule has 0 atom stereocenters. The largest absolute Gasteiger partial charge is 0.495 e. The fraction of sp³-hybridized carbons (Fsp3) is 0.0417. The van der Waals surface area contributed by atoms with Crippen molar-refractivity contribution >= 4 is 34.7 Å². The van der Waals surface area contributed by atoms with E-state index in [0.29, 0.717) is 45.0 Å². The average Bonchev–Trinajstić information content (AvgIpc) is 3.28. The first-order valence-corrected chi connectivity index (χ1v) is 10.6. The molecule has 5 aromatic rings. The topological polar surface area (TPSA) is 106 Å². The molecule has 0 aliphatic heterocycles. The lowest BCUT2D eigenvalue weighted by Crippen LogP contribution is -2.19. The number of pyridine rings is 1. The van der Waals surface area contributed by atoms with Gasteiger partial charge < -0.3 is 15.4 Å². The van der Waals surface area contributed by atoms with Crippen LogP contribution in [0.5, 0.6) is 5.75 Å². The van der Waals surface area contributed by atoms with Gasteiger partial charge in [0, 0.05) is 22.5 Å². The molecule has 0 saturated carbocycles. The number of carbonyl (C=O) groups excluding carboxylic acids is 1. The Hall–Kier alpha value is -4.50. The van der Waals surface area contributed by atoms with Gasteiger partial charge in [0.2, 0.25) is 5.82 Å². The Morgan fingerprint density at radius 1 is 0.941 bits per heavy atom. The Labute approximate surface area is 199 Å². The molecule has 2 amide bonds. The third kappa shape index (κ3) is 4.37. The first-order valence-electron chi connectivity index (χ1n) is 10.3. The quantitative estimate of drug-likeness (QED) is 0.366. The van der Waals surface area contributed by atoms with E-state index in [9.17, 15) is 4.79 Å². The lowest BCUT2D eigenvalue weighted by Gasteiger charge is -2.12. The average molecular weight is 472 g/mol. The smallest absolute Gasteiger partial charge is 0.323 e. The number of hydrogen-bond donors (Lipinski definition) is 2. The number of rotatable bonds is 5. The second-order valence-electron chi connectivity index (χ2n) is 7.23. The van der Waals surface area contributed by atoms with Gasteiger partial charge in [-0.25, -0.2) is 4.79 Å². The Kier molecular flexibility index (Phi) is 5.75. The fourth-order valence-corrected chi connectivity index (χ4v) is 3.59. The van der Waals surface area contributed by atoms with Gasteiger partial charge in [-0.15, -0.1) is 10.2 Å². The van der Waals surface area contributed by atoms with Crippen molar-refractivity contribution < 1.29 is 9.53 Å². The number of fused-ring (bicyclic) bond motifs is 1. The molecule has 3 aromatic heterocycles. The minimum absolute atomic E-state index is 0.433. The van der Waals surface area contributed by atoms with Crippen LogP contribution < -0.4 is 15.4 Å². The second-order valence-corrected chi connectivity index (χ2v) is 7.67. The van der Waals surface area contributed by atoms with Crippen LogP contribution >= 0.6 is 11.6 Å². The zero-order valence-electron chi connectivity index (χ0n) is 17.9. The van der Waals surface area contributed by atoms with Crippen LogP contribution in [0.1, 0.15) is 0 Å². The van der Waals surface area contributed by atoms with E-state index in [1.165, 1.54) is 7.11 Å². The van der Waals surface area contributed by atoms with Crippen LogP contribution in [0.15, 0.2) is 79.0 Å². The van der Waals surface area contributed by atoms with Gasteiger partial charge in [-0.05, 0) is 54.6 Å². The van der Waals surface area contributed by atoms with Gasteiger partial charge in [-0.3, -0.25) is 4.98 Å². The highest BCUT2D eigenvalue weighted by Crippen LogP contribution is 2.28. The van der Waals surface area contributed by atoms with E-state index in [1.807, 2.05) is 48.5 Å². The van der Waals surface area contributed by atoms with Gasteiger partial charge >= 0.3 is 6.03 Å². The molecule has 0 fully saturated rings. The minimum Gasteiger partial charge on any atom is -0.495 e. The molecule has 0 aliphatic rings. The van der Waals surface area contributed by atoms with E-state index in [-0.39, 0.29) is 0 Å². The second kappa shape index (κ2) is 9.16. The molecule has 3 heterocycles. The van der Waals surface area contributed by atoms with E-state index in [0.717, 1.165) is 5.56 Å². The van der Waals surface area contributed by atoms with Crippen LogP contribution in [0.3, 0.4) is 0 Å². The summed E-state index contributed by atoms with van der Waals surface area (Å²) in [5.41, 5.74) is 3.82. The molecule has 0 radical (unpaired) electrons. The minimum atomic E-state index is -0.433. The number of carbonyl (C=O) groups is 1. The highest BCUT2D eigenvalue weighted by Gasteiger charge is 2.13. The van der Waals surface area contributed by atoms with Gasteiger partial charge in [0.05, 0.1) is 18.5 Å². The molecule has 0 aliphatic carbocycles. The number of urea groups is 1. The molecular formula is C24H18ClN7O2. The molecule has 5 rings (SSSR count). The molecule has 168 valence electrons. The molecule has 9 nitrogen and oxygen atoms in total. The van der Waals surface area contributed by atoms with Crippen molar-refractivity contribution in [2.75, 3.05) is 17.7 Å². The van der Waals surface area contributed by atoms with Gasteiger partial charge in [0.1, 0.15) is 11.4 Å². The lowest BCUT2D eigenvalue weighted by atomic mass is 10.1. The molecule has 0 spiro atoms. The molecule has 0 unspecified atom stereocenters. The van der Waals surface area contributed by atoms with Crippen molar-refractivity contribution in [3.05, 3.63) is 84.0 Å². The Bertz CT molecular complexity index is 1490. The normalized spacial score (nSPS) is 10.8. The maximum atomic E-state index is 12.6. The number of ether oxygens (including phenoxy) is 1. The first-order chi connectivity index (χ1) is 16.6. The van der Waals surface area contributed by atoms with Gasteiger partial charge in [0.25, 0.3) is 0 Å². The third-order valence-corrected chi connectivity index (χ3v) is 5.22. The summed E-state index contributed by atoms with van der Waals surface area (Å²) in [7, 11) is 1.52. The molecular weight excluding hydrogens is 454 g/mol. The number of aromatic nitrogens is 5. The highest BCUT2D eigenvalue weighted by atomic mass is 35.5. The Balaban J connectivity index is 1.40. The van der Waals surface area contributed by atoms with Crippen LogP contribution in [-0.2, 0) is 0 Å². The number of methoxy groups -OCH3 is 1. The number of anilines is 2. The lowest BCUT2D eigenvalue weighted by molar-refractivity contribution is 0.262. The summed E-state index contributed by atoms with van der Waals surface area (Å²) in [5.74, 6) is 1.05. The molecule has 34 heavy (non-hydrogen) atoms. The standard InChI is InChI=1S/C24H18ClN7O2/c1-34-21-10-8-16(25)14-20(21)28-24(33)27-17-6-4-5-15(13-17)18-9-11-22-29-30-23(32(22)31-18)19-7-2-3-12-26-19/h2-14H,1H3,(H2,27,28,33). The summed E-state index contributed by atoms with van der Waals surface area (Å²) in [5, 5.41) is 19.1. The number of benzene rings is 2. The fourth-order valence-electron chi connectivity index (χ4n) is 3.42. The monoisotopic (exact) mass is 471 g/mol. The first kappa shape index (κ1) is 21.4. The van der Waals surface area contributed by atoms with E-state index in [1.54, 1.807) is 35.0 Å². The van der Waals surface area contributed by atoms with Crippen LogP contribution in [0.25, 0.3) is 28.4 Å². The maximum absolute atomic E-state index is 12.6. The number of hydrogen-bond acceptors (Lipinski definition) is 6. The van der Waals surface area contributed by atoms with E-state index in [4.69, 9.17) is 21.4 Å². The summed E-state index contributed by atoms with van der Waals surface area (Å²) >= 11 is 6.04. The van der Waals surface area contributed by atoms with E-state index < -0.39 is 6.03 Å². The van der Waals surface area contributed by atoms with Crippen molar-refractivity contribution in [1.29, 1.82) is 0 Å². The number of nitrogens with one attached hydrogen (secondary N) is 2. The highest BCUT2D eigenvalue weighted by molar-refractivity contribution is 6.31. The van der Waals surface area contributed by atoms with E-state index >= 15 is 0 Å². The van der Waals surface area contributed by atoms with Crippen LogP contribution in [0, 0.1) is 0 Å². The Morgan fingerprint density at radius 2 is 1.85 bits per heavy atom. The van der Waals surface area contributed by atoms with E-state index in [2.05, 4.69) is 25.8 Å². The van der Waals surface area contributed by atoms with Crippen LogP contribution in [-0.4, -0.2) is 37.9 Å². The summed E-state index contributed by atoms with van der Waals surface area (Å²) in [6.07, 6.45) is 1.69. The van der Waals surface area contributed by atoms with Crippen LogP contribution in [0.2, 0.25) is 5.02 Å². The predicted molar refractivity (Wildman–Crippen MR) is 130 cm³/mol. The maximum Gasteiger partial charge on any atom is 0.323 e. The van der Waals surface area contributed by atoms with Crippen molar-refractivity contribution in [2.24, 2.45) is 0 Å². The SMILES string of the molecule is COc1ccc(Cl)cc1NC(=O)Nc1cccc(-c2ccc3nnc(-c4ccccn4)n3n2)c1. The van der Waals surface area contributed by atoms with Gasteiger partial charge in [0.15, 0.2) is 5.65 Å². The van der Waals surface area contributed by atoms with Crippen LogP contribution in [0.4, 0.5) is 16.2 Å². The zero-order chi connectivity index (χ0) is 23.5. The summed E-state index contributed by atoms with van der Waals surface area (Å²) < 4.78 is 6.92. The molecule has 10 heteroatoms. The molecule has 0 bridgehead atoms. The molecule has 2 N–H and O–H groups in total. The summed E-state index contributed by atoms with van der Waals surface area (Å²) in [4.78, 5) is 16.9. The molecule has 0 saturated heterocycles.